The van der Waals surface area contributed by atoms with Crippen LogP contribution in [0.15, 0.2) is 29.4 Å². The van der Waals surface area contributed by atoms with Crippen LogP contribution in [0.25, 0.3) is 10.9 Å². The molecule has 0 bridgehead atoms. The Morgan fingerprint density at radius 3 is 2.89 bits per heavy atom. The van der Waals surface area contributed by atoms with E-state index in [-0.39, 0.29) is 5.91 Å². The van der Waals surface area contributed by atoms with Gasteiger partial charge in [-0.2, -0.15) is 0 Å². The number of carbonyl (C=O) groups excluding carboxylic acids is 1. The number of piperidine rings is 1. The molecule has 2 fully saturated rings. The number of aromatic nitrogens is 2. The summed E-state index contributed by atoms with van der Waals surface area (Å²) in [7, 11) is 0. The van der Waals surface area contributed by atoms with Gasteiger partial charge in [-0.15, -0.1) is 0 Å². The van der Waals surface area contributed by atoms with E-state index in [0.717, 1.165) is 42.1 Å². The Morgan fingerprint density at radius 1 is 1.19 bits per heavy atom. The fourth-order valence-corrected chi connectivity index (χ4v) is 5.30. The second-order valence-corrected chi connectivity index (χ2v) is 8.47. The largest absolute Gasteiger partial charge is 0.370 e. The summed E-state index contributed by atoms with van der Waals surface area (Å²) in [5.74, 6) is 2.24. The van der Waals surface area contributed by atoms with Crippen LogP contribution in [-0.4, -0.2) is 45.7 Å². The Hall–Kier alpha value is -1.82. The number of thioether (sulfide) groups is 1. The van der Waals surface area contributed by atoms with Gasteiger partial charge < -0.3 is 10.2 Å². The van der Waals surface area contributed by atoms with E-state index in [1.807, 2.05) is 24.3 Å². The zero-order valence-corrected chi connectivity index (χ0v) is 16.8. The number of likely N-dealkylation sites (tertiary alicyclic amines) is 1. The number of carbonyl (C=O) groups is 1. The number of benzene rings is 1. The number of rotatable bonds is 5. The molecule has 2 heterocycles. The van der Waals surface area contributed by atoms with Gasteiger partial charge in [0.1, 0.15) is 5.82 Å². The van der Waals surface area contributed by atoms with Gasteiger partial charge in [0, 0.05) is 24.5 Å². The van der Waals surface area contributed by atoms with Crippen molar-refractivity contribution in [2.45, 2.75) is 56.6 Å². The third kappa shape index (κ3) is 4.05. The third-order valence-corrected chi connectivity index (χ3v) is 6.65. The van der Waals surface area contributed by atoms with Crippen LogP contribution in [-0.2, 0) is 4.79 Å². The van der Waals surface area contributed by atoms with Crippen LogP contribution in [0.5, 0.6) is 0 Å². The van der Waals surface area contributed by atoms with Crippen LogP contribution in [0, 0.1) is 5.92 Å². The molecule has 2 aromatic rings. The summed E-state index contributed by atoms with van der Waals surface area (Å²) in [5, 5.41) is 5.02. The van der Waals surface area contributed by atoms with Gasteiger partial charge in [0.15, 0.2) is 5.16 Å². The number of fused-ring (bicyclic) bond motifs is 2. The van der Waals surface area contributed by atoms with Crippen molar-refractivity contribution in [2.75, 3.05) is 24.2 Å². The second-order valence-electron chi connectivity index (χ2n) is 7.53. The predicted octanol–water partition coefficient (Wildman–Crippen LogP) is 4.33. The third-order valence-electron chi connectivity index (χ3n) is 5.82. The zero-order valence-electron chi connectivity index (χ0n) is 16.0. The van der Waals surface area contributed by atoms with Gasteiger partial charge in [-0.1, -0.05) is 36.7 Å². The summed E-state index contributed by atoms with van der Waals surface area (Å²) in [6.45, 7) is 3.78. The SMILES string of the molecule is CCNc1nc(SCC(=O)N2CCCC3CCCCC32)nc2ccccc12. The Balaban J connectivity index is 1.47. The molecule has 6 heteroatoms. The van der Waals surface area contributed by atoms with E-state index in [4.69, 9.17) is 0 Å². The molecule has 27 heavy (non-hydrogen) atoms. The maximum atomic E-state index is 12.9. The van der Waals surface area contributed by atoms with E-state index in [1.54, 1.807) is 0 Å². The van der Waals surface area contributed by atoms with E-state index in [1.165, 1.54) is 43.9 Å². The van der Waals surface area contributed by atoms with Crippen molar-refractivity contribution in [2.24, 2.45) is 5.92 Å². The lowest BCUT2D eigenvalue weighted by Crippen LogP contribution is -2.50. The predicted molar refractivity (Wildman–Crippen MR) is 111 cm³/mol. The molecule has 0 radical (unpaired) electrons. The van der Waals surface area contributed by atoms with E-state index in [2.05, 4.69) is 27.1 Å². The molecule has 1 amide bonds. The topological polar surface area (TPSA) is 58.1 Å². The molecule has 1 aromatic heterocycles. The van der Waals surface area contributed by atoms with Crippen LogP contribution >= 0.6 is 11.8 Å². The van der Waals surface area contributed by atoms with Gasteiger partial charge in [-0.3, -0.25) is 4.79 Å². The van der Waals surface area contributed by atoms with Gasteiger partial charge >= 0.3 is 0 Å². The fourth-order valence-electron chi connectivity index (χ4n) is 4.57. The summed E-state index contributed by atoms with van der Waals surface area (Å²) < 4.78 is 0. The van der Waals surface area contributed by atoms with E-state index in [0.29, 0.717) is 17.0 Å². The first-order chi connectivity index (χ1) is 13.3. The number of anilines is 1. The molecule has 0 spiro atoms. The van der Waals surface area contributed by atoms with Gasteiger partial charge in [-0.05, 0) is 50.7 Å². The quantitative estimate of drug-likeness (QED) is 0.614. The molecular formula is C21H28N4OS. The van der Waals surface area contributed by atoms with Crippen LogP contribution in [0.3, 0.4) is 0 Å². The number of nitrogens with one attached hydrogen (secondary N) is 1. The Labute approximate surface area is 165 Å². The molecule has 144 valence electrons. The summed E-state index contributed by atoms with van der Waals surface area (Å²) in [6, 6.07) is 8.49. The highest BCUT2D eigenvalue weighted by Crippen LogP contribution is 2.35. The van der Waals surface area contributed by atoms with Crippen molar-refractivity contribution in [3.8, 4) is 0 Å². The molecule has 1 saturated carbocycles. The molecule has 1 aromatic carbocycles. The molecule has 1 aliphatic carbocycles. The summed E-state index contributed by atoms with van der Waals surface area (Å²) in [4.78, 5) is 24.4. The Kier molecular flexibility index (Phi) is 5.81. The maximum absolute atomic E-state index is 12.9. The molecule has 2 unspecified atom stereocenters. The maximum Gasteiger partial charge on any atom is 0.233 e. The van der Waals surface area contributed by atoms with Gasteiger partial charge in [0.2, 0.25) is 5.91 Å². The van der Waals surface area contributed by atoms with E-state index >= 15 is 0 Å². The van der Waals surface area contributed by atoms with Crippen molar-refractivity contribution >= 4 is 34.4 Å². The minimum absolute atomic E-state index is 0.248. The van der Waals surface area contributed by atoms with Crippen LogP contribution in [0.1, 0.15) is 45.4 Å². The van der Waals surface area contributed by atoms with E-state index in [9.17, 15) is 4.79 Å². The average Bonchev–Trinajstić information content (AvgIpc) is 2.72. The van der Waals surface area contributed by atoms with Gasteiger partial charge in [0.05, 0.1) is 11.3 Å². The lowest BCUT2D eigenvalue weighted by atomic mass is 9.78. The van der Waals surface area contributed by atoms with Crippen molar-refractivity contribution < 1.29 is 4.79 Å². The van der Waals surface area contributed by atoms with Crippen molar-refractivity contribution in [3.63, 3.8) is 0 Å². The van der Waals surface area contributed by atoms with Crippen LogP contribution in [0.4, 0.5) is 5.82 Å². The Morgan fingerprint density at radius 2 is 2.00 bits per heavy atom. The number of para-hydroxylation sites is 1. The lowest BCUT2D eigenvalue weighted by molar-refractivity contribution is -0.134. The normalized spacial score (nSPS) is 22.5. The van der Waals surface area contributed by atoms with Crippen molar-refractivity contribution in [1.29, 1.82) is 0 Å². The first kappa shape index (κ1) is 18.5. The standard InChI is InChI=1S/C21H28N4OS/c1-2-22-20-16-10-4-5-11-17(16)23-21(24-20)27-14-19(26)25-13-7-9-15-8-3-6-12-18(15)25/h4-5,10-11,15,18H,2-3,6-9,12-14H2,1H3,(H,22,23,24). The fraction of sp³-hybridized carbons (Fsp3) is 0.571. The molecule has 1 N–H and O–H groups in total. The molecule has 1 saturated heterocycles. The lowest BCUT2D eigenvalue weighted by Gasteiger charge is -2.44. The minimum Gasteiger partial charge on any atom is -0.370 e. The summed E-state index contributed by atoms with van der Waals surface area (Å²) in [5.41, 5.74) is 0.920. The highest BCUT2D eigenvalue weighted by molar-refractivity contribution is 7.99. The highest BCUT2D eigenvalue weighted by Gasteiger charge is 2.35. The first-order valence-corrected chi connectivity index (χ1v) is 11.2. The number of hydrogen-bond donors (Lipinski definition) is 1. The van der Waals surface area contributed by atoms with Gasteiger partial charge in [-0.25, -0.2) is 9.97 Å². The average molecular weight is 385 g/mol. The number of amides is 1. The summed E-state index contributed by atoms with van der Waals surface area (Å²) in [6.07, 6.45) is 7.50. The highest BCUT2D eigenvalue weighted by atomic mass is 32.2. The van der Waals surface area contributed by atoms with Crippen molar-refractivity contribution in [3.05, 3.63) is 24.3 Å². The smallest absolute Gasteiger partial charge is 0.233 e. The monoisotopic (exact) mass is 384 g/mol. The van der Waals surface area contributed by atoms with Crippen LogP contribution < -0.4 is 5.32 Å². The second kappa shape index (κ2) is 8.46. The van der Waals surface area contributed by atoms with E-state index < -0.39 is 0 Å². The molecule has 2 atom stereocenters. The Bertz CT molecular complexity index is 810. The number of hydrogen-bond acceptors (Lipinski definition) is 5. The molecule has 1 aliphatic heterocycles. The van der Waals surface area contributed by atoms with Crippen molar-refractivity contribution in [1.82, 2.24) is 14.9 Å². The molecule has 2 aliphatic rings. The summed E-state index contributed by atoms with van der Waals surface area (Å²) >= 11 is 1.46. The zero-order chi connectivity index (χ0) is 18.6. The molecule has 5 nitrogen and oxygen atoms in total. The first-order valence-electron chi connectivity index (χ1n) is 10.2. The minimum atomic E-state index is 0.248. The molecule has 4 rings (SSSR count). The van der Waals surface area contributed by atoms with Crippen LogP contribution in [0.2, 0.25) is 0 Å². The van der Waals surface area contributed by atoms with Gasteiger partial charge in [0.25, 0.3) is 0 Å². The number of nitrogens with zero attached hydrogens (tertiary/aromatic N) is 3. The molecular weight excluding hydrogens is 356 g/mol.